The Morgan fingerprint density at radius 1 is 1.17 bits per heavy atom. The Balaban J connectivity index is 1.36. The molecule has 0 spiro atoms. The van der Waals surface area contributed by atoms with Crippen molar-refractivity contribution in [3.8, 4) is 11.3 Å². The number of hydrogen-bond acceptors (Lipinski definition) is 6. The van der Waals surface area contributed by atoms with Crippen molar-refractivity contribution in [2.24, 2.45) is 0 Å². The Bertz CT molecular complexity index is 1250. The summed E-state index contributed by atoms with van der Waals surface area (Å²) < 4.78 is 17.6. The minimum Gasteiger partial charge on any atom is -0.348 e. The summed E-state index contributed by atoms with van der Waals surface area (Å²) in [7, 11) is 2.10. The average Bonchev–Trinajstić information content (AvgIpc) is 3.42. The smallest absolute Gasteiger partial charge is 0.186 e. The molecule has 1 aromatic carbocycles. The number of benzene rings is 1. The molecule has 2 atom stereocenters. The molecule has 0 radical (unpaired) electrons. The number of nitrogens with zero attached hydrogens (tertiary/aromatic N) is 5. The van der Waals surface area contributed by atoms with Gasteiger partial charge >= 0.3 is 0 Å². The summed E-state index contributed by atoms with van der Waals surface area (Å²) in [5, 5.41) is 9.18. The quantitative estimate of drug-likeness (QED) is 0.537. The van der Waals surface area contributed by atoms with Gasteiger partial charge in [0.2, 0.25) is 0 Å². The minimum atomic E-state index is -0.299. The third-order valence-electron chi connectivity index (χ3n) is 6.47. The predicted molar refractivity (Wildman–Crippen MR) is 118 cm³/mol. The van der Waals surface area contributed by atoms with Crippen LogP contribution in [0.3, 0.4) is 0 Å². The number of thiazole rings is 1. The van der Waals surface area contributed by atoms with Crippen LogP contribution >= 0.6 is 11.3 Å². The average molecular weight is 423 g/mol. The topological polar surface area (TPSA) is 58.4 Å². The largest absolute Gasteiger partial charge is 0.348 e. The summed E-state index contributed by atoms with van der Waals surface area (Å²) in [6.45, 7) is 1.93. The van der Waals surface area contributed by atoms with Crippen molar-refractivity contribution in [3.63, 3.8) is 0 Å². The van der Waals surface area contributed by atoms with Crippen molar-refractivity contribution in [2.75, 3.05) is 11.9 Å². The molecule has 0 saturated carbocycles. The number of fused-ring (bicyclic) bond motifs is 4. The van der Waals surface area contributed by atoms with Gasteiger partial charge in [-0.15, -0.1) is 0 Å². The molecule has 0 amide bonds. The van der Waals surface area contributed by atoms with E-state index in [9.17, 15) is 4.39 Å². The molecule has 3 aromatic heterocycles. The highest BCUT2D eigenvalue weighted by molar-refractivity contribution is 7.22. The molecule has 2 aliphatic heterocycles. The normalized spacial score (nSPS) is 23.5. The van der Waals surface area contributed by atoms with Gasteiger partial charge in [-0.1, -0.05) is 11.3 Å². The highest BCUT2D eigenvalue weighted by Crippen LogP contribution is 2.37. The van der Waals surface area contributed by atoms with E-state index in [4.69, 9.17) is 0 Å². The Morgan fingerprint density at radius 2 is 1.97 bits per heavy atom. The summed E-state index contributed by atoms with van der Waals surface area (Å²) in [5.74, 6) is -0.299. The monoisotopic (exact) mass is 422 g/mol. The second kappa shape index (κ2) is 6.72. The summed E-state index contributed by atoms with van der Waals surface area (Å²) in [6, 6.07) is 9.02. The number of aromatic nitrogens is 4. The SMILES string of the molecule is Cc1cn2nc(-c3cc(F)c4nc(N(C)C5CC6CCC(C5)N6)sc4c3)ccc2n1. The van der Waals surface area contributed by atoms with E-state index >= 15 is 0 Å². The standard InChI is InChI=1S/C22H23FN6S/c1-12-11-29-20(24-12)6-5-18(27-29)13-7-17(23)21-19(8-13)30-22(26-21)28(2)16-9-14-3-4-15(10-16)25-14/h5-8,11,14-16,25H,3-4,9-10H2,1-2H3. The molecule has 2 unspecified atom stereocenters. The minimum absolute atomic E-state index is 0.299. The molecule has 154 valence electrons. The molecule has 4 aromatic rings. The van der Waals surface area contributed by atoms with E-state index in [2.05, 4.69) is 32.3 Å². The Hall–Kier alpha value is -2.58. The first kappa shape index (κ1) is 18.2. The van der Waals surface area contributed by atoms with Gasteiger partial charge in [0.05, 0.1) is 22.3 Å². The van der Waals surface area contributed by atoms with Crippen LogP contribution in [0, 0.1) is 12.7 Å². The third-order valence-corrected chi connectivity index (χ3v) is 7.56. The van der Waals surface area contributed by atoms with Crippen molar-refractivity contribution < 1.29 is 4.39 Å². The van der Waals surface area contributed by atoms with E-state index < -0.39 is 0 Å². The van der Waals surface area contributed by atoms with E-state index in [1.54, 1.807) is 15.9 Å². The van der Waals surface area contributed by atoms with Crippen LogP contribution in [0.5, 0.6) is 0 Å². The highest BCUT2D eigenvalue weighted by Gasteiger charge is 2.35. The van der Waals surface area contributed by atoms with Crippen LogP contribution in [0.25, 0.3) is 27.1 Å². The number of halogens is 1. The second-order valence-electron chi connectivity index (χ2n) is 8.58. The zero-order valence-electron chi connectivity index (χ0n) is 17.0. The number of piperidine rings is 1. The zero-order chi connectivity index (χ0) is 20.4. The van der Waals surface area contributed by atoms with Gasteiger partial charge < -0.3 is 10.2 Å². The van der Waals surface area contributed by atoms with Crippen molar-refractivity contribution in [1.29, 1.82) is 0 Å². The van der Waals surface area contributed by atoms with Crippen LogP contribution in [-0.4, -0.2) is 44.8 Å². The maximum absolute atomic E-state index is 15.0. The fraction of sp³-hybridized carbons (Fsp3) is 0.409. The second-order valence-corrected chi connectivity index (χ2v) is 9.59. The molecule has 2 fully saturated rings. The summed E-state index contributed by atoms with van der Waals surface area (Å²) in [5.41, 5.74) is 3.62. The molecule has 2 saturated heterocycles. The van der Waals surface area contributed by atoms with Gasteiger partial charge in [0.25, 0.3) is 0 Å². The van der Waals surface area contributed by atoms with Gasteiger partial charge in [-0.25, -0.2) is 18.9 Å². The molecule has 8 heteroatoms. The highest BCUT2D eigenvalue weighted by atomic mass is 32.1. The van der Waals surface area contributed by atoms with Crippen LogP contribution in [0.15, 0.2) is 30.5 Å². The summed E-state index contributed by atoms with van der Waals surface area (Å²) >= 11 is 1.56. The molecule has 6 rings (SSSR count). The van der Waals surface area contributed by atoms with E-state index in [1.165, 1.54) is 18.9 Å². The van der Waals surface area contributed by atoms with Gasteiger partial charge in [0.1, 0.15) is 5.52 Å². The van der Waals surface area contributed by atoms with E-state index in [1.807, 2.05) is 31.3 Å². The fourth-order valence-electron chi connectivity index (χ4n) is 4.93. The van der Waals surface area contributed by atoms with Crippen LogP contribution in [0.1, 0.15) is 31.4 Å². The van der Waals surface area contributed by atoms with Crippen molar-refractivity contribution in [3.05, 3.63) is 42.0 Å². The first-order valence-corrected chi connectivity index (χ1v) is 11.3. The van der Waals surface area contributed by atoms with Gasteiger partial charge in [-0.2, -0.15) is 5.10 Å². The molecule has 1 N–H and O–H groups in total. The Kier molecular flexibility index (Phi) is 4.08. The molecule has 2 bridgehead atoms. The first-order chi connectivity index (χ1) is 14.5. The lowest BCUT2D eigenvalue weighted by Crippen LogP contribution is -2.47. The van der Waals surface area contributed by atoms with Gasteiger partial charge in [0.15, 0.2) is 16.6 Å². The summed E-state index contributed by atoms with van der Waals surface area (Å²) in [6.07, 6.45) is 6.66. The molecule has 2 aliphatic rings. The number of aryl methyl sites for hydroxylation is 1. The van der Waals surface area contributed by atoms with Crippen molar-refractivity contribution in [1.82, 2.24) is 24.9 Å². The Labute approximate surface area is 177 Å². The predicted octanol–water partition coefficient (Wildman–Crippen LogP) is 4.17. The van der Waals surface area contributed by atoms with Crippen LogP contribution in [-0.2, 0) is 0 Å². The van der Waals surface area contributed by atoms with E-state index in [-0.39, 0.29) is 5.82 Å². The number of imidazole rings is 1. The molecule has 30 heavy (non-hydrogen) atoms. The number of rotatable bonds is 3. The lowest BCUT2D eigenvalue weighted by Gasteiger charge is -2.35. The van der Waals surface area contributed by atoms with Gasteiger partial charge in [-0.05, 0) is 56.9 Å². The van der Waals surface area contributed by atoms with Gasteiger partial charge in [-0.3, -0.25) is 0 Å². The maximum Gasteiger partial charge on any atom is 0.186 e. The van der Waals surface area contributed by atoms with E-state index in [0.29, 0.717) is 23.6 Å². The maximum atomic E-state index is 15.0. The first-order valence-electron chi connectivity index (χ1n) is 10.5. The molecule has 6 nitrogen and oxygen atoms in total. The molecular weight excluding hydrogens is 399 g/mol. The fourth-order valence-corrected chi connectivity index (χ4v) is 5.98. The zero-order valence-corrected chi connectivity index (χ0v) is 17.8. The molecular formula is C22H23FN6S. The van der Waals surface area contributed by atoms with E-state index in [0.717, 1.165) is 45.3 Å². The van der Waals surface area contributed by atoms with Crippen LogP contribution < -0.4 is 10.2 Å². The van der Waals surface area contributed by atoms with Crippen molar-refractivity contribution in [2.45, 2.75) is 50.7 Å². The number of anilines is 1. The Morgan fingerprint density at radius 3 is 2.77 bits per heavy atom. The summed E-state index contributed by atoms with van der Waals surface area (Å²) in [4.78, 5) is 11.3. The van der Waals surface area contributed by atoms with Gasteiger partial charge in [0, 0.05) is 30.7 Å². The number of nitrogens with one attached hydrogen (secondary N) is 1. The lowest BCUT2D eigenvalue weighted by molar-refractivity contribution is 0.354. The van der Waals surface area contributed by atoms with Crippen LogP contribution in [0.4, 0.5) is 9.52 Å². The lowest BCUT2D eigenvalue weighted by atomic mass is 9.99. The molecule has 0 aliphatic carbocycles. The number of hydrogen-bond donors (Lipinski definition) is 1. The van der Waals surface area contributed by atoms with Crippen LogP contribution in [0.2, 0.25) is 0 Å². The third kappa shape index (κ3) is 2.97. The molecule has 5 heterocycles. The van der Waals surface area contributed by atoms with Crippen molar-refractivity contribution >= 4 is 32.3 Å².